The predicted octanol–water partition coefficient (Wildman–Crippen LogP) is 1.78. The third-order valence-corrected chi connectivity index (χ3v) is 3.69. The summed E-state index contributed by atoms with van der Waals surface area (Å²) < 4.78 is 5.01. The summed E-state index contributed by atoms with van der Waals surface area (Å²) in [7, 11) is 0. The number of aromatic amines is 1. The molecule has 0 aliphatic carbocycles. The SMILES string of the molecule is O=c1[nH]c2ccc(-c3ncc(CCO)s3)cc2o1. The lowest BCUT2D eigenvalue weighted by molar-refractivity contribution is 0.300. The Bertz CT molecular complexity index is 741. The highest BCUT2D eigenvalue weighted by Crippen LogP contribution is 2.27. The summed E-state index contributed by atoms with van der Waals surface area (Å²) in [5, 5.41) is 9.72. The van der Waals surface area contributed by atoms with Gasteiger partial charge in [0.2, 0.25) is 0 Å². The third kappa shape index (κ3) is 1.96. The van der Waals surface area contributed by atoms with Crippen LogP contribution in [0.1, 0.15) is 4.88 Å². The van der Waals surface area contributed by atoms with Crippen LogP contribution in [0.5, 0.6) is 0 Å². The van der Waals surface area contributed by atoms with Crippen LogP contribution in [0.3, 0.4) is 0 Å². The summed E-state index contributed by atoms with van der Waals surface area (Å²) >= 11 is 1.52. The highest BCUT2D eigenvalue weighted by molar-refractivity contribution is 7.15. The van der Waals surface area contributed by atoms with Gasteiger partial charge in [-0.25, -0.2) is 9.78 Å². The van der Waals surface area contributed by atoms with Gasteiger partial charge < -0.3 is 9.52 Å². The van der Waals surface area contributed by atoms with Crippen LogP contribution in [0.25, 0.3) is 21.7 Å². The molecule has 3 rings (SSSR count). The molecule has 0 amide bonds. The topological polar surface area (TPSA) is 79.1 Å². The molecule has 0 radical (unpaired) electrons. The fourth-order valence-electron chi connectivity index (χ4n) is 1.75. The number of rotatable bonds is 3. The molecule has 0 fully saturated rings. The summed E-state index contributed by atoms with van der Waals surface area (Å²) in [6.07, 6.45) is 2.37. The average molecular weight is 262 g/mol. The quantitative estimate of drug-likeness (QED) is 0.754. The molecular weight excluding hydrogens is 252 g/mol. The lowest BCUT2D eigenvalue weighted by atomic mass is 10.2. The number of nitrogens with one attached hydrogen (secondary N) is 1. The number of aliphatic hydroxyl groups excluding tert-OH is 1. The fraction of sp³-hybridized carbons (Fsp3) is 0.167. The lowest BCUT2D eigenvalue weighted by Gasteiger charge is -1.95. The van der Waals surface area contributed by atoms with Gasteiger partial charge in [0.1, 0.15) is 5.01 Å². The van der Waals surface area contributed by atoms with Gasteiger partial charge in [0.25, 0.3) is 0 Å². The van der Waals surface area contributed by atoms with Crippen LogP contribution in [0.2, 0.25) is 0 Å². The van der Waals surface area contributed by atoms with E-state index in [1.807, 2.05) is 6.07 Å². The molecule has 6 heteroatoms. The average Bonchev–Trinajstić information content (AvgIpc) is 2.93. The maximum atomic E-state index is 11.1. The molecule has 0 aliphatic heterocycles. The molecule has 0 spiro atoms. The first-order valence-corrected chi connectivity index (χ1v) is 6.27. The smallest absolute Gasteiger partial charge is 0.408 e. The van der Waals surface area contributed by atoms with Gasteiger partial charge in [-0.15, -0.1) is 11.3 Å². The molecule has 0 saturated heterocycles. The Morgan fingerprint density at radius 3 is 3.17 bits per heavy atom. The minimum Gasteiger partial charge on any atom is -0.408 e. The number of aromatic nitrogens is 2. The van der Waals surface area contributed by atoms with Gasteiger partial charge in [-0.3, -0.25) is 4.98 Å². The van der Waals surface area contributed by atoms with Crippen molar-refractivity contribution in [1.29, 1.82) is 0 Å². The van der Waals surface area contributed by atoms with Crippen LogP contribution < -0.4 is 5.76 Å². The standard InChI is InChI=1S/C12H10N2O3S/c15-4-3-8-6-13-11(18-8)7-1-2-9-10(5-7)17-12(16)14-9/h1-2,5-6,15H,3-4H2,(H,14,16). The molecule has 5 nitrogen and oxygen atoms in total. The summed E-state index contributed by atoms with van der Waals surface area (Å²) in [6.45, 7) is 0.118. The molecular formula is C12H10N2O3S. The Morgan fingerprint density at radius 1 is 1.44 bits per heavy atom. The summed E-state index contributed by atoms with van der Waals surface area (Å²) in [5.74, 6) is -0.456. The van der Waals surface area contributed by atoms with Crippen molar-refractivity contribution in [3.05, 3.63) is 39.8 Å². The number of H-pyrrole nitrogens is 1. The van der Waals surface area contributed by atoms with Gasteiger partial charge >= 0.3 is 5.76 Å². The monoisotopic (exact) mass is 262 g/mol. The zero-order chi connectivity index (χ0) is 12.5. The third-order valence-electron chi connectivity index (χ3n) is 2.58. The van der Waals surface area contributed by atoms with Gasteiger partial charge in [0, 0.05) is 29.7 Å². The second-order valence-electron chi connectivity index (χ2n) is 3.83. The van der Waals surface area contributed by atoms with Crippen LogP contribution in [0.4, 0.5) is 0 Å². The van der Waals surface area contributed by atoms with Crippen molar-refractivity contribution in [2.24, 2.45) is 0 Å². The molecule has 0 bridgehead atoms. The highest BCUT2D eigenvalue weighted by atomic mass is 32.1. The molecule has 18 heavy (non-hydrogen) atoms. The lowest BCUT2D eigenvalue weighted by Crippen LogP contribution is -1.92. The molecule has 3 aromatic rings. The Balaban J connectivity index is 2.04. The Labute approximate surface area is 106 Å². The maximum Gasteiger partial charge on any atom is 0.417 e. The van der Waals surface area contributed by atoms with Gasteiger partial charge in [0.05, 0.1) is 5.52 Å². The number of aliphatic hydroxyl groups is 1. The second-order valence-corrected chi connectivity index (χ2v) is 4.95. The first-order valence-electron chi connectivity index (χ1n) is 5.45. The molecule has 92 valence electrons. The van der Waals surface area contributed by atoms with Crippen LogP contribution >= 0.6 is 11.3 Å². The molecule has 0 aliphatic rings. The van der Waals surface area contributed by atoms with Crippen LogP contribution in [0, 0.1) is 0 Å². The second kappa shape index (κ2) is 4.40. The number of hydrogen-bond acceptors (Lipinski definition) is 5. The number of hydrogen-bond donors (Lipinski definition) is 2. The first-order chi connectivity index (χ1) is 8.76. The first kappa shape index (κ1) is 11.2. The molecule has 2 N–H and O–H groups in total. The number of thiazole rings is 1. The van der Waals surface area contributed by atoms with E-state index in [9.17, 15) is 4.79 Å². The van der Waals surface area contributed by atoms with Crippen molar-refractivity contribution in [3.8, 4) is 10.6 Å². The molecule has 0 unspecified atom stereocenters. The zero-order valence-corrected chi connectivity index (χ0v) is 10.2. The zero-order valence-electron chi connectivity index (χ0n) is 9.34. The Hall–Kier alpha value is -1.92. The van der Waals surface area contributed by atoms with Crippen LogP contribution in [-0.4, -0.2) is 21.7 Å². The van der Waals surface area contributed by atoms with Crippen molar-refractivity contribution >= 4 is 22.4 Å². The van der Waals surface area contributed by atoms with E-state index >= 15 is 0 Å². The number of fused-ring (bicyclic) bond motifs is 1. The van der Waals surface area contributed by atoms with E-state index in [-0.39, 0.29) is 6.61 Å². The van der Waals surface area contributed by atoms with Crippen molar-refractivity contribution in [1.82, 2.24) is 9.97 Å². The van der Waals surface area contributed by atoms with Crippen LogP contribution in [-0.2, 0) is 6.42 Å². The Kier molecular flexibility index (Phi) is 2.73. The Morgan fingerprint density at radius 2 is 2.33 bits per heavy atom. The van der Waals surface area contributed by atoms with Gasteiger partial charge in [0.15, 0.2) is 5.58 Å². The molecule has 1 aromatic carbocycles. The van der Waals surface area contributed by atoms with E-state index < -0.39 is 5.76 Å². The number of nitrogens with zero attached hydrogens (tertiary/aromatic N) is 1. The molecule has 2 heterocycles. The summed E-state index contributed by atoms with van der Waals surface area (Å²) in [4.78, 5) is 19.0. The van der Waals surface area contributed by atoms with E-state index in [1.165, 1.54) is 11.3 Å². The van der Waals surface area contributed by atoms with E-state index in [0.717, 1.165) is 15.4 Å². The normalized spacial score (nSPS) is 11.2. The molecule has 0 atom stereocenters. The van der Waals surface area contributed by atoms with Gasteiger partial charge in [-0.05, 0) is 18.2 Å². The van der Waals surface area contributed by atoms with E-state index in [2.05, 4.69) is 9.97 Å². The van der Waals surface area contributed by atoms with E-state index in [1.54, 1.807) is 18.3 Å². The van der Waals surface area contributed by atoms with E-state index in [4.69, 9.17) is 9.52 Å². The largest absolute Gasteiger partial charge is 0.417 e. The van der Waals surface area contributed by atoms with Crippen molar-refractivity contribution in [2.75, 3.05) is 6.61 Å². The van der Waals surface area contributed by atoms with Crippen molar-refractivity contribution < 1.29 is 9.52 Å². The summed E-state index contributed by atoms with van der Waals surface area (Å²) in [6, 6.07) is 5.47. The molecule has 2 aromatic heterocycles. The fourth-order valence-corrected chi connectivity index (χ4v) is 2.64. The van der Waals surface area contributed by atoms with Gasteiger partial charge in [-0.1, -0.05) is 0 Å². The van der Waals surface area contributed by atoms with Crippen LogP contribution in [0.15, 0.2) is 33.6 Å². The van der Waals surface area contributed by atoms with Crippen molar-refractivity contribution in [3.63, 3.8) is 0 Å². The summed E-state index contributed by atoms with van der Waals surface area (Å²) in [5.41, 5.74) is 2.10. The van der Waals surface area contributed by atoms with E-state index in [0.29, 0.717) is 17.5 Å². The number of benzene rings is 1. The highest BCUT2D eigenvalue weighted by Gasteiger charge is 2.07. The van der Waals surface area contributed by atoms with Crippen molar-refractivity contribution in [2.45, 2.75) is 6.42 Å². The molecule has 0 saturated carbocycles. The predicted molar refractivity (Wildman–Crippen MR) is 68.7 cm³/mol. The van der Waals surface area contributed by atoms with Gasteiger partial charge in [-0.2, -0.15) is 0 Å². The maximum absolute atomic E-state index is 11.1. The minimum absolute atomic E-state index is 0.118. The number of oxazole rings is 1. The minimum atomic E-state index is -0.456.